The van der Waals surface area contributed by atoms with Crippen LogP contribution in [0.4, 0.5) is 13.6 Å². The van der Waals surface area contributed by atoms with Crippen LogP contribution in [0.3, 0.4) is 0 Å². The van der Waals surface area contributed by atoms with Crippen molar-refractivity contribution in [2.45, 2.75) is 50.7 Å². The number of carbonyl (C=O) groups excluding carboxylic acids is 1. The zero-order chi connectivity index (χ0) is 27.0. The Bertz CT molecular complexity index is 1360. The Morgan fingerprint density at radius 1 is 1.30 bits per heavy atom. The number of rotatable bonds is 4. The zero-order valence-corrected chi connectivity index (χ0v) is 22.2. The third-order valence-corrected chi connectivity index (χ3v) is 7.10. The molecule has 1 aliphatic heterocycles. The molecule has 194 valence electrons. The van der Waals surface area contributed by atoms with Crippen molar-refractivity contribution < 1.29 is 27.9 Å². The van der Waals surface area contributed by atoms with Gasteiger partial charge in [0.05, 0.1) is 22.9 Å². The van der Waals surface area contributed by atoms with Crippen molar-refractivity contribution in [2.24, 2.45) is 0 Å². The van der Waals surface area contributed by atoms with E-state index in [4.69, 9.17) is 9.26 Å². The molecule has 1 fully saturated rings. The van der Waals surface area contributed by atoms with Gasteiger partial charge in [0.2, 0.25) is 0 Å². The molecule has 1 saturated heterocycles. The minimum Gasteiger partial charge on any atom is -0.444 e. The van der Waals surface area contributed by atoms with Crippen LogP contribution >= 0.6 is 15.9 Å². The van der Waals surface area contributed by atoms with Crippen LogP contribution in [0.2, 0.25) is 0 Å². The molecule has 2 atom stereocenters. The molecule has 0 bridgehead atoms. The molecular weight excluding hydrogens is 548 g/mol. The molecule has 1 amide bonds. The van der Waals surface area contributed by atoms with E-state index in [0.29, 0.717) is 15.7 Å². The molecule has 4 rings (SSSR count). The Hall–Kier alpha value is -3.29. The maximum atomic E-state index is 14.2. The number of likely N-dealkylation sites (tertiary alicyclic amines) is 1. The molecular formula is C27H26BrF2N3O4. The SMILES string of the molecule is CC(C)(C)OC(=O)N1CC[C@](O)(c2ccc(F)c(F)c2)[C@@H](c2onc(-c3ccccc3CC#N)c2Br)C1. The summed E-state index contributed by atoms with van der Waals surface area (Å²) in [6.45, 7) is 5.34. The molecule has 2 heterocycles. The Morgan fingerprint density at radius 3 is 2.70 bits per heavy atom. The molecule has 0 saturated carbocycles. The Kier molecular flexibility index (Phi) is 7.40. The Labute approximate surface area is 221 Å². The van der Waals surface area contributed by atoms with E-state index in [9.17, 15) is 23.9 Å². The highest BCUT2D eigenvalue weighted by molar-refractivity contribution is 9.10. The molecule has 3 aromatic rings. The second-order valence-corrected chi connectivity index (χ2v) is 10.8. The van der Waals surface area contributed by atoms with Crippen molar-refractivity contribution in [3.05, 3.63) is 75.5 Å². The summed E-state index contributed by atoms with van der Waals surface area (Å²) in [6.07, 6.45) is -0.408. The summed E-state index contributed by atoms with van der Waals surface area (Å²) in [4.78, 5) is 14.3. The van der Waals surface area contributed by atoms with Gasteiger partial charge in [0, 0.05) is 18.7 Å². The van der Waals surface area contributed by atoms with Crippen LogP contribution in [0.25, 0.3) is 11.3 Å². The number of halogens is 3. The molecule has 2 aromatic carbocycles. The summed E-state index contributed by atoms with van der Waals surface area (Å²) in [5.41, 5.74) is -0.468. The number of aromatic nitrogens is 1. The van der Waals surface area contributed by atoms with Crippen LogP contribution in [0.1, 0.15) is 50.0 Å². The number of hydrogen-bond acceptors (Lipinski definition) is 6. The third kappa shape index (κ3) is 5.38. The maximum absolute atomic E-state index is 14.2. The number of nitriles is 1. The first-order chi connectivity index (χ1) is 17.4. The number of amides is 1. The van der Waals surface area contributed by atoms with E-state index >= 15 is 0 Å². The fraction of sp³-hybridized carbons (Fsp3) is 0.370. The van der Waals surface area contributed by atoms with Crippen LogP contribution in [0, 0.1) is 23.0 Å². The maximum Gasteiger partial charge on any atom is 0.410 e. The molecule has 1 N–H and O–H groups in total. The number of carbonyl (C=O) groups is 1. The Balaban J connectivity index is 1.80. The van der Waals surface area contributed by atoms with E-state index < -0.39 is 34.8 Å². The minimum atomic E-state index is -1.71. The number of aliphatic hydroxyl groups is 1. The predicted octanol–water partition coefficient (Wildman–Crippen LogP) is 6.06. The van der Waals surface area contributed by atoms with Crippen LogP contribution in [-0.4, -0.2) is 39.9 Å². The van der Waals surface area contributed by atoms with E-state index in [1.54, 1.807) is 32.9 Å². The normalized spacial score (nSPS) is 19.9. The van der Waals surface area contributed by atoms with Gasteiger partial charge < -0.3 is 19.3 Å². The second kappa shape index (κ2) is 10.2. The van der Waals surface area contributed by atoms with Crippen molar-refractivity contribution in [3.8, 4) is 17.3 Å². The molecule has 0 aliphatic carbocycles. The summed E-state index contributed by atoms with van der Waals surface area (Å²) >= 11 is 3.55. The van der Waals surface area contributed by atoms with Crippen LogP contribution in [0.5, 0.6) is 0 Å². The van der Waals surface area contributed by atoms with Gasteiger partial charge in [-0.1, -0.05) is 35.5 Å². The van der Waals surface area contributed by atoms with Gasteiger partial charge in [-0.25, -0.2) is 13.6 Å². The number of piperidine rings is 1. The first kappa shape index (κ1) is 26.8. The summed E-state index contributed by atoms with van der Waals surface area (Å²) < 4.78 is 39.6. The molecule has 0 spiro atoms. The lowest BCUT2D eigenvalue weighted by molar-refractivity contribution is -0.0590. The van der Waals surface area contributed by atoms with Gasteiger partial charge in [0.15, 0.2) is 17.4 Å². The quantitative estimate of drug-likeness (QED) is 0.407. The predicted molar refractivity (Wildman–Crippen MR) is 134 cm³/mol. The minimum absolute atomic E-state index is 0.00940. The lowest BCUT2D eigenvalue weighted by Crippen LogP contribution is -2.51. The van der Waals surface area contributed by atoms with Crippen molar-refractivity contribution >= 4 is 22.0 Å². The van der Waals surface area contributed by atoms with Crippen molar-refractivity contribution in [1.82, 2.24) is 10.1 Å². The van der Waals surface area contributed by atoms with Gasteiger partial charge in [-0.15, -0.1) is 0 Å². The van der Waals surface area contributed by atoms with Crippen molar-refractivity contribution in [3.63, 3.8) is 0 Å². The number of hydrogen-bond donors (Lipinski definition) is 1. The number of nitrogens with zero attached hydrogens (tertiary/aromatic N) is 3. The van der Waals surface area contributed by atoms with Crippen LogP contribution in [-0.2, 0) is 16.8 Å². The largest absolute Gasteiger partial charge is 0.444 e. The van der Waals surface area contributed by atoms with E-state index in [-0.39, 0.29) is 37.3 Å². The molecule has 1 aliphatic rings. The fourth-order valence-corrected chi connectivity index (χ4v) is 5.15. The van der Waals surface area contributed by atoms with Gasteiger partial charge in [-0.05, 0) is 66.4 Å². The summed E-state index contributed by atoms with van der Waals surface area (Å²) in [5.74, 6) is -2.81. The van der Waals surface area contributed by atoms with Gasteiger partial charge in [-0.3, -0.25) is 0 Å². The van der Waals surface area contributed by atoms with Crippen LogP contribution < -0.4 is 0 Å². The second-order valence-electron chi connectivity index (χ2n) is 9.98. The first-order valence-electron chi connectivity index (χ1n) is 11.7. The molecule has 0 unspecified atom stereocenters. The molecule has 7 nitrogen and oxygen atoms in total. The van der Waals surface area contributed by atoms with E-state index in [0.717, 1.165) is 17.7 Å². The highest BCUT2D eigenvalue weighted by Gasteiger charge is 2.49. The first-order valence-corrected chi connectivity index (χ1v) is 12.5. The lowest BCUT2D eigenvalue weighted by atomic mass is 9.74. The van der Waals surface area contributed by atoms with Crippen molar-refractivity contribution in [2.75, 3.05) is 13.1 Å². The molecule has 0 radical (unpaired) electrons. The average molecular weight is 574 g/mol. The molecule has 37 heavy (non-hydrogen) atoms. The third-order valence-electron chi connectivity index (χ3n) is 6.33. The summed E-state index contributed by atoms with van der Waals surface area (Å²) in [6, 6.07) is 12.6. The van der Waals surface area contributed by atoms with E-state index in [1.165, 1.54) is 11.0 Å². The van der Waals surface area contributed by atoms with Crippen molar-refractivity contribution in [1.29, 1.82) is 5.26 Å². The van der Waals surface area contributed by atoms with Gasteiger partial charge in [0.1, 0.15) is 16.9 Å². The van der Waals surface area contributed by atoms with E-state index in [2.05, 4.69) is 27.2 Å². The monoisotopic (exact) mass is 573 g/mol. The molecule has 10 heteroatoms. The Morgan fingerprint density at radius 2 is 2.03 bits per heavy atom. The van der Waals surface area contributed by atoms with Gasteiger partial charge in [0.25, 0.3) is 0 Å². The smallest absolute Gasteiger partial charge is 0.410 e. The van der Waals surface area contributed by atoms with E-state index in [1.807, 2.05) is 12.1 Å². The topological polar surface area (TPSA) is 99.6 Å². The number of ether oxygens (including phenoxy) is 1. The van der Waals surface area contributed by atoms with Gasteiger partial charge in [-0.2, -0.15) is 5.26 Å². The highest BCUT2D eigenvalue weighted by Crippen LogP contribution is 2.48. The summed E-state index contributed by atoms with van der Waals surface area (Å²) in [5, 5.41) is 25.4. The molecule has 1 aromatic heterocycles. The standard InChI is InChI=1S/C27H26BrF2N3O4/c1-26(2,3)36-25(34)33-13-11-27(35,17-8-9-20(29)21(30)14-17)19(15-33)24-22(28)23(32-37-24)18-7-5-4-6-16(18)10-12-31/h4-9,14,19,35H,10-11,13,15H2,1-3H3/t19-,27+/m1/s1. The van der Waals surface area contributed by atoms with Gasteiger partial charge >= 0.3 is 6.09 Å². The van der Waals surface area contributed by atoms with Crippen LogP contribution in [0.15, 0.2) is 51.5 Å². The zero-order valence-electron chi connectivity index (χ0n) is 20.6. The number of benzene rings is 2. The fourth-order valence-electron chi connectivity index (χ4n) is 4.51. The highest BCUT2D eigenvalue weighted by atomic mass is 79.9. The lowest BCUT2D eigenvalue weighted by Gasteiger charge is -2.44. The summed E-state index contributed by atoms with van der Waals surface area (Å²) in [7, 11) is 0. The average Bonchev–Trinajstić information content (AvgIpc) is 3.21.